The van der Waals surface area contributed by atoms with Gasteiger partial charge in [-0.25, -0.2) is 4.79 Å². The SMILES string of the molecule is C[C@H]1CCCC[C@@H]1NC(=O)COC(=O)c1ccc(C#N)cc1. The van der Waals surface area contributed by atoms with Crippen molar-refractivity contribution in [3.05, 3.63) is 35.4 Å². The molecule has 0 bridgehead atoms. The van der Waals surface area contributed by atoms with Gasteiger partial charge in [0.1, 0.15) is 0 Å². The van der Waals surface area contributed by atoms with Crippen molar-refractivity contribution in [1.29, 1.82) is 5.26 Å². The van der Waals surface area contributed by atoms with Gasteiger partial charge in [-0.1, -0.05) is 19.8 Å². The Labute approximate surface area is 130 Å². The van der Waals surface area contributed by atoms with Crippen molar-refractivity contribution in [2.24, 2.45) is 5.92 Å². The van der Waals surface area contributed by atoms with Crippen LogP contribution in [0.15, 0.2) is 24.3 Å². The number of rotatable bonds is 4. The van der Waals surface area contributed by atoms with Gasteiger partial charge in [0.25, 0.3) is 5.91 Å². The zero-order valence-corrected chi connectivity index (χ0v) is 12.7. The summed E-state index contributed by atoms with van der Waals surface area (Å²) < 4.78 is 5.01. The molecule has 1 aromatic carbocycles. The Bertz CT molecular complexity index is 575. The number of carbonyl (C=O) groups excluding carboxylic acids is 2. The first-order valence-corrected chi connectivity index (χ1v) is 7.57. The van der Waals surface area contributed by atoms with E-state index in [9.17, 15) is 9.59 Å². The molecule has 0 spiro atoms. The minimum absolute atomic E-state index is 0.176. The molecular formula is C17H20N2O3. The van der Waals surface area contributed by atoms with Crippen LogP contribution in [0.2, 0.25) is 0 Å². The summed E-state index contributed by atoms with van der Waals surface area (Å²) >= 11 is 0. The summed E-state index contributed by atoms with van der Waals surface area (Å²) in [6.45, 7) is 1.86. The second-order valence-electron chi connectivity index (χ2n) is 5.70. The number of hydrogen-bond acceptors (Lipinski definition) is 4. The zero-order chi connectivity index (χ0) is 15.9. The normalized spacial score (nSPS) is 20.7. The van der Waals surface area contributed by atoms with Crippen molar-refractivity contribution in [3.8, 4) is 6.07 Å². The molecule has 0 unspecified atom stereocenters. The highest BCUT2D eigenvalue weighted by Gasteiger charge is 2.23. The van der Waals surface area contributed by atoms with E-state index < -0.39 is 5.97 Å². The second kappa shape index (κ2) is 7.60. The molecule has 1 fully saturated rings. The van der Waals surface area contributed by atoms with Gasteiger partial charge in [0, 0.05) is 6.04 Å². The van der Waals surface area contributed by atoms with E-state index in [-0.39, 0.29) is 18.6 Å². The Hall–Kier alpha value is -2.35. The molecule has 1 aliphatic carbocycles. The van der Waals surface area contributed by atoms with E-state index in [0.717, 1.165) is 19.3 Å². The van der Waals surface area contributed by atoms with Crippen LogP contribution in [0.5, 0.6) is 0 Å². The molecule has 0 radical (unpaired) electrons. The Morgan fingerprint density at radius 1 is 1.27 bits per heavy atom. The van der Waals surface area contributed by atoms with E-state index in [1.807, 2.05) is 6.07 Å². The van der Waals surface area contributed by atoms with Gasteiger partial charge >= 0.3 is 5.97 Å². The molecule has 1 saturated carbocycles. The summed E-state index contributed by atoms with van der Waals surface area (Å²) in [7, 11) is 0. The highest BCUT2D eigenvalue weighted by molar-refractivity contribution is 5.91. The summed E-state index contributed by atoms with van der Waals surface area (Å²) in [6.07, 6.45) is 4.44. The lowest BCUT2D eigenvalue weighted by Crippen LogP contribution is -2.42. The fourth-order valence-corrected chi connectivity index (χ4v) is 2.67. The van der Waals surface area contributed by atoms with Crippen molar-refractivity contribution in [1.82, 2.24) is 5.32 Å². The molecule has 2 atom stereocenters. The zero-order valence-electron chi connectivity index (χ0n) is 12.7. The summed E-state index contributed by atoms with van der Waals surface area (Å²) in [4.78, 5) is 23.7. The average molecular weight is 300 g/mol. The lowest BCUT2D eigenvalue weighted by molar-refractivity contribution is -0.125. The molecule has 1 N–H and O–H groups in total. The third-order valence-electron chi connectivity index (χ3n) is 4.04. The summed E-state index contributed by atoms with van der Waals surface area (Å²) in [5.41, 5.74) is 0.804. The van der Waals surface area contributed by atoms with E-state index in [1.54, 1.807) is 12.1 Å². The molecule has 0 saturated heterocycles. The number of ether oxygens (including phenoxy) is 1. The molecule has 1 amide bonds. The first-order valence-electron chi connectivity index (χ1n) is 7.57. The van der Waals surface area contributed by atoms with E-state index in [2.05, 4.69) is 12.2 Å². The molecule has 5 nitrogen and oxygen atoms in total. The summed E-state index contributed by atoms with van der Waals surface area (Å²) in [5, 5.41) is 11.6. The highest BCUT2D eigenvalue weighted by Crippen LogP contribution is 2.23. The van der Waals surface area contributed by atoms with Gasteiger partial charge in [0.15, 0.2) is 6.61 Å². The topological polar surface area (TPSA) is 79.2 Å². The first kappa shape index (κ1) is 16.0. The maximum atomic E-state index is 11.9. The lowest BCUT2D eigenvalue weighted by atomic mass is 9.86. The van der Waals surface area contributed by atoms with Crippen LogP contribution in [0, 0.1) is 17.2 Å². The molecular weight excluding hydrogens is 280 g/mol. The van der Waals surface area contributed by atoms with Gasteiger partial charge in [-0.3, -0.25) is 4.79 Å². The molecule has 0 aromatic heterocycles. The lowest BCUT2D eigenvalue weighted by Gasteiger charge is -2.29. The van der Waals surface area contributed by atoms with Crippen LogP contribution >= 0.6 is 0 Å². The van der Waals surface area contributed by atoms with Crippen LogP contribution in [0.4, 0.5) is 0 Å². The van der Waals surface area contributed by atoms with Crippen LogP contribution in [-0.4, -0.2) is 24.5 Å². The predicted molar refractivity (Wildman–Crippen MR) is 81.0 cm³/mol. The Morgan fingerprint density at radius 3 is 2.59 bits per heavy atom. The maximum Gasteiger partial charge on any atom is 0.338 e. The fourth-order valence-electron chi connectivity index (χ4n) is 2.67. The van der Waals surface area contributed by atoms with Gasteiger partial charge < -0.3 is 10.1 Å². The van der Waals surface area contributed by atoms with Gasteiger partial charge in [0.05, 0.1) is 17.2 Å². The summed E-state index contributed by atoms with van der Waals surface area (Å²) in [5.74, 6) is -0.357. The number of nitrogens with zero attached hydrogens (tertiary/aromatic N) is 1. The van der Waals surface area contributed by atoms with Crippen LogP contribution in [0.3, 0.4) is 0 Å². The molecule has 116 valence electrons. The Kier molecular flexibility index (Phi) is 5.54. The Morgan fingerprint density at radius 2 is 1.95 bits per heavy atom. The molecule has 2 rings (SSSR count). The number of nitrogens with one attached hydrogen (secondary N) is 1. The minimum atomic E-state index is -0.559. The number of benzene rings is 1. The minimum Gasteiger partial charge on any atom is -0.452 e. The van der Waals surface area contributed by atoms with Gasteiger partial charge in [-0.15, -0.1) is 0 Å². The molecule has 0 heterocycles. The standard InChI is InChI=1S/C17H20N2O3/c1-12-4-2-3-5-15(12)19-16(20)11-22-17(21)14-8-6-13(10-18)7-9-14/h6-9,12,15H,2-5,11H2,1H3,(H,19,20)/t12-,15-/m0/s1. The maximum absolute atomic E-state index is 11.9. The second-order valence-corrected chi connectivity index (χ2v) is 5.70. The van der Waals surface area contributed by atoms with E-state index in [4.69, 9.17) is 10.00 Å². The van der Waals surface area contributed by atoms with Gasteiger partial charge in [-0.05, 0) is 43.0 Å². The summed E-state index contributed by atoms with van der Waals surface area (Å²) in [6, 6.07) is 8.27. The van der Waals surface area contributed by atoms with Crippen LogP contribution < -0.4 is 5.32 Å². The largest absolute Gasteiger partial charge is 0.452 e. The van der Waals surface area contributed by atoms with E-state index in [1.165, 1.54) is 18.6 Å². The predicted octanol–water partition coefficient (Wildman–Crippen LogP) is 2.41. The first-order chi connectivity index (χ1) is 10.6. The van der Waals surface area contributed by atoms with Gasteiger partial charge in [0.2, 0.25) is 0 Å². The van der Waals surface area contributed by atoms with E-state index >= 15 is 0 Å². The third kappa shape index (κ3) is 4.32. The number of carbonyl (C=O) groups is 2. The Balaban J connectivity index is 1.80. The van der Waals surface area contributed by atoms with Crippen LogP contribution in [0.1, 0.15) is 48.5 Å². The van der Waals surface area contributed by atoms with E-state index in [0.29, 0.717) is 17.0 Å². The van der Waals surface area contributed by atoms with Gasteiger partial charge in [-0.2, -0.15) is 5.26 Å². The monoisotopic (exact) mass is 300 g/mol. The van der Waals surface area contributed by atoms with Crippen molar-refractivity contribution >= 4 is 11.9 Å². The average Bonchev–Trinajstić information content (AvgIpc) is 2.55. The molecule has 1 aromatic rings. The smallest absolute Gasteiger partial charge is 0.338 e. The fraction of sp³-hybridized carbons (Fsp3) is 0.471. The van der Waals surface area contributed by atoms with Crippen LogP contribution in [0.25, 0.3) is 0 Å². The quantitative estimate of drug-likeness (QED) is 0.866. The van der Waals surface area contributed by atoms with Crippen molar-refractivity contribution in [3.63, 3.8) is 0 Å². The van der Waals surface area contributed by atoms with Crippen molar-refractivity contribution in [2.45, 2.75) is 38.6 Å². The molecule has 0 aliphatic heterocycles. The third-order valence-corrected chi connectivity index (χ3v) is 4.04. The number of amides is 1. The molecule has 22 heavy (non-hydrogen) atoms. The molecule has 1 aliphatic rings. The number of hydrogen-bond donors (Lipinski definition) is 1. The number of esters is 1. The van der Waals surface area contributed by atoms with Crippen LogP contribution in [-0.2, 0) is 9.53 Å². The van der Waals surface area contributed by atoms with Crippen molar-refractivity contribution < 1.29 is 14.3 Å². The number of nitriles is 1. The van der Waals surface area contributed by atoms with Crippen molar-refractivity contribution in [2.75, 3.05) is 6.61 Å². The highest BCUT2D eigenvalue weighted by atomic mass is 16.5. The molecule has 5 heteroatoms.